The summed E-state index contributed by atoms with van der Waals surface area (Å²) in [5.41, 5.74) is -0.286. The van der Waals surface area contributed by atoms with Crippen molar-refractivity contribution in [3.63, 3.8) is 0 Å². The van der Waals surface area contributed by atoms with Crippen LogP contribution in [0.4, 0.5) is 0 Å². The van der Waals surface area contributed by atoms with Crippen LogP contribution >= 0.6 is 0 Å². The van der Waals surface area contributed by atoms with Crippen molar-refractivity contribution in [3.8, 4) is 0 Å². The van der Waals surface area contributed by atoms with Crippen molar-refractivity contribution < 1.29 is 5.11 Å². The fourth-order valence-electron chi connectivity index (χ4n) is 0.818. The second-order valence-corrected chi connectivity index (χ2v) is 2.81. The Kier molecular flexibility index (Phi) is 1.91. The first-order chi connectivity index (χ1) is 4.27. The van der Waals surface area contributed by atoms with Gasteiger partial charge in [0.05, 0.1) is 5.60 Å². The molecule has 0 heterocycles. The van der Waals surface area contributed by atoms with Crippen LogP contribution in [-0.4, -0.2) is 10.7 Å². The Hall–Kier alpha value is -0.300. The van der Waals surface area contributed by atoms with E-state index in [9.17, 15) is 5.11 Å². The van der Waals surface area contributed by atoms with Gasteiger partial charge in [0.25, 0.3) is 0 Å². The molecule has 0 aromatic heterocycles. The molecule has 1 saturated carbocycles. The zero-order chi connectivity index (χ0) is 6.74. The smallest absolute Gasteiger partial charge is 0.0684 e. The Balaban J connectivity index is 2.11. The molecule has 0 atom stereocenters. The Morgan fingerprint density at radius 2 is 2.11 bits per heavy atom. The molecule has 9 heavy (non-hydrogen) atoms. The van der Waals surface area contributed by atoms with Crippen LogP contribution in [0.5, 0.6) is 0 Å². The maximum Gasteiger partial charge on any atom is 0.0684 e. The number of aliphatic hydroxyl groups is 1. The van der Waals surface area contributed by atoms with E-state index in [1.54, 1.807) is 0 Å². The van der Waals surface area contributed by atoms with Gasteiger partial charge in [-0.15, -0.1) is 0 Å². The third kappa shape index (κ3) is 2.19. The summed E-state index contributed by atoms with van der Waals surface area (Å²) in [6.07, 6.45) is 8.13. The summed E-state index contributed by atoms with van der Waals surface area (Å²) in [5.74, 6) is 0. The van der Waals surface area contributed by atoms with E-state index in [-0.39, 0.29) is 5.60 Å². The maximum absolute atomic E-state index is 9.30. The van der Waals surface area contributed by atoms with Gasteiger partial charge in [0.2, 0.25) is 0 Å². The Bertz CT molecular complexity index is 112. The number of hydrogen-bond donors (Lipinski definition) is 1. The van der Waals surface area contributed by atoms with Crippen LogP contribution in [0.1, 0.15) is 32.6 Å². The minimum atomic E-state index is -0.286. The predicted molar refractivity (Wildman–Crippen MR) is 38.2 cm³/mol. The lowest BCUT2D eigenvalue weighted by molar-refractivity contribution is 0.154. The Morgan fingerprint density at radius 3 is 2.56 bits per heavy atom. The lowest BCUT2D eigenvalue weighted by atomic mass is 10.2. The Morgan fingerprint density at radius 1 is 1.44 bits per heavy atom. The molecule has 0 aromatic rings. The summed E-state index contributed by atoms with van der Waals surface area (Å²) >= 11 is 0. The first kappa shape index (κ1) is 6.81. The van der Waals surface area contributed by atoms with Crippen LogP contribution in [0, 0.1) is 0 Å². The third-order valence-corrected chi connectivity index (χ3v) is 1.73. The monoisotopic (exact) mass is 126 g/mol. The zero-order valence-electron chi connectivity index (χ0n) is 5.93. The highest BCUT2D eigenvalue weighted by Gasteiger charge is 2.38. The molecule has 0 radical (unpaired) electrons. The topological polar surface area (TPSA) is 20.2 Å². The molecule has 1 heteroatoms. The van der Waals surface area contributed by atoms with Crippen LogP contribution < -0.4 is 0 Å². The molecule has 1 nitrogen and oxygen atoms in total. The molecular formula is C8H14O. The molecule has 0 spiro atoms. The van der Waals surface area contributed by atoms with E-state index in [1.165, 1.54) is 0 Å². The second kappa shape index (κ2) is 2.53. The van der Waals surface area contributed by atoms with Crippen molar-refractivity contribution in [3.05, 3.63) is 12.2 Å². The lowest BCUT2D eigenvalue weighted by Gasteiger charge is -1.99. The van der Waals surface area contributed by atoms with Crippen LogP contribution in [0.3, 0.4) is 0 Å². The third-order valence-electron chi connectivity index (χ3n) is 1.73. The summed E-state index contributed by atoms with van der Waals surface area (Å²) in [5, 5.41) is 9.30. The molecule has 1 fully saturated rings. The largest absolute Gasteiger partial charge is 0.390 e. The minimum Gasteiger partial charge on any atom is -0.390 e. The molecule has 52 valence electrons. The molecule has 1 rings (SSSR count). The van der Waals surface area contributed by atoms with Crippen molar-refractivity contribution in [2.24, 2.45) is 0 Å². The molecular weight excluding hydrogens is 112 g/mol. The van der Waals surface area contributed by atoms with Gasteiger partial charge in [0, 0.05) is 0 Å². The van der Waals surface area contributed by atoms with Crippen LogP contribution in [0.15, 0.2) is 12.2 Å². The van der Waals surface area contributed by atoms with Gasteiger partial charge in [-0.25, -0.2) is 0 Å². The predicted octanol–water partition coefficient (Wildman–Crippen LogP) is 1.87. The lowest BCUT2D eigenvalue weighted by Crippen LogP contribution is -2.02. The standard InChI is InChI=1S/C8H14O/c1-2-3-4-5-8(9)6-7-8/h3-4,9H,2,5-7H2,1H3/b4-3+. The molecule has 1 aliphatic rings. The van der Waals surface area contributed by atoms with E-state index < -0.39 is 0 Å². The first-order valence-electron chi connectivity index (χ1n) is 3.64. The minimum absolute atomic E-state index is 0.286. The molecule has 1 aliphatic carbocycles. The summed E-state index contributed by atoms with van der Waals surface area (Å²) in [6.45, 7) is 2.10. The highest BCUT2D eigenvalue weighted by Crippen LogP contribution is 2.38. The van der Waals surface area contributed by atoms with Gasteiger partial charge in [0.1, 0.15) is 0 Å². The van der Waals surface area contributed by atoms with Gasteiger partial charge in [-0.3, -0.25) is 0 Å². The molecule has 0 unspecified atom stereocenters. The highest BCUT2D eigenvalue weighted by atomic mass is 16.3. The SMILES string of the molecule is CC/C=C/CC1(O)CC1. The molecule has 0 aliphatic heterocycles. The van der Waals surface area contributed by atoms with Crippen LogP contribution in [0.2, 0.25) is 0 Å². The summed E-state index contributed by atoms with van der Waals surface area (Å²) < 4.78 is 0. The fourth-order valence-corrected chi connectivity index (χ4v) is 0.818. The highest BCUT2D eigenvalue weighted by molar-refractivity contribution is 5.00. The summed E-state index contributed by atoms with van der Waals surface area (Å²) in [6, 6.07) is 0. The van der Waals surface area contributed by atoms with Crippen LogP contribution in [-0.2, 0) is 0 Å². The Labute approximate surface area is 56.4 Å². The molecule has 1 N–H and O–H groups in total. The van der Waals surface area contributed by atoms with Crippen molar-refractivity contribution >= 4 is 0 Å². The second-order valence-electron chi connectivity index (χ2n) is 2.81. The van der Waals surface area contributed by atoms with Crippen molar-refractivity contribution in [1.29, 1.82) is 0 Å². The summed E-state index contributed by atoms with van der Waals surface area (Å²) in [7, 11) is 0. The summed E-state index contributed by atoms with van der Waals surface area (Å²) in [4.78, 5) is 0. The van der Waals surface area contributed by atoms with Crippen molar-refractivity contribution in [1.82, 2.24) is 0 Å². The fraction of sp³-hybridized carbons (Fsp3) is 0.750. The van der Waals surface area contributed by atoms with E-state index in [1.807, 2.05) is 0 Å². The number of rotatable bonds is 3. The van der Waals surface area contributed by atoms with E-state index in [4.69, 9.17) is 0 Å². The number of allylic oxidation sites excluding steroid dienone is 1. The van der Waals surface area contributed by atoms with E-state index in [0.29, 0.717) is 0 Å². The first-order valence-corrected chi connectivity index (χ1v) is 3.64. The maximum atomic E-state index is 9.30. The van der Waals surface area contributed by atoms with Gasteiger partial charge in [-0.2, -0.15) is 0 Å². The normalized spacial score (nSPS) is 22.9. The van der Waals surface area contributed by atoms with Gasteiger partial charge >= 0.3 is 0 Å². The van der Waals surface area contributed by atoms with E-state index in [2.05, 4.69) is 19.1 Å². The number of hydrogen-bond acceptors (Lipinski definition) is 1. The van der Waals surface area contributed by atoms with E-state index >= 15 is 0 Å². The van der Waals surface area contributed by atoms with Crippen molar-refractivity contribution in [2.45, 2.75) is 38.2 Å². The van der Waals surface area contributed by atoms with Gasteiger partial charge in [-0.05, 0) is 25.7 Å². The molecule has 0 aromatic carbocycles. The molecule has 0 amide bonds. The van der Waals surface area contributed by atoms with Gasteiger partial charge in [0.15, 0.2) is 0 Å². The molecule has 0 bridgehead atoms. The van der Waals surface area contributed by atoms with Crippen LogP contribution in [0.25, 0.3) is 0 Å². The van der Waals surface area contributed by atoms with E-state index in [0.717, 1.165) is 25.7 Å². The average molecular weight is 126 g/mol. The van der Waals surface area contributed by atoms with Crippen molar-refractivity contribution in [2.75, 3.05) is 0 Å². The zero-order valence-corrected chi connectivity index (χ0v) is 5.93. The quantitative estimate of drug-likeness (QED) is 0.572. The van der Waals surface area contributed by atoms with Gasteiger partial charge in [-0.1, -0.05) is 19.1 Å². The average Bonchev–Trinajstić information content (AvgIpc) is 2.50. The van der Waals surface area contributed by atoms with Gasteiger partial charge < -0.3 is 5.11 Å². The molecule has 0 saturated heterocycles.